The minimum absolute atomic E-state index is 0.369. The minimum Gasteiger partial charge on any atom is -0.468 e. The third-order valence-corrected chi connectivity index (χ3v) is 2.05. The van der Waals surface area contributed by atoms with Crippen LogP contribution in [0.25, 0.3) is 0 Å². The lowest BCUT2D eigenvalue weighted by Gasteiger charge is -2.24. The third kappa shape index (κ3) is 3.37. The van der Waals surface area contributed by atoms with E-state index >= 15 is 0 Å². The van der Waals surface area contributed by atoms with Crippen molar-refractivity contribution in [2.75, 3.05) is 13.7 Å². The van der Waals surface area contributed by atoms with Crippen LogP contribution < -0.4 is 5.43 Å². The maximum Gasteiger partial charge on any atom is 0.424 e. The molecule has 6 heteroatoms. The topological polar surface area (TPSA) is 67.9 Å². The van der Waals surface area contributed by atoms with E-state index in [-0.39, 0.29) is 5.97 Å². The van der Waals surface area contributed by atoms with Crippen LogP contribution in [0.5, 0.6) is 0 Å². The second-order valence-electron chi connectivity index (χ2n) is 4.63. The molecule has 1 saturated heterocycles. The number of carbonyl (C=O) groups excluding carboxylic acids is 2. The molecular formula is C10H18N2O4. The summed E-state index contributed by atoms with van der Waals surface area (Å²) in [6.07, 6.45) is 0.0604. The maximum absolute atomic E-state index is 11.6. The summed E-state index contributed by atoms with van der Waals surface area (Å²) in [7, 11) is 1.32. The highest BCUT2D eigenvalue weighted by Gasteiger charge is 2.33. The van der Waals surface area contributed by atoms with Gasteiger partial charge >= 0.3 is 12.1 Å². The van der Waals surface area contributed by atoms with E-state index in [9.17, 15) is 9.59 Å². The van der Waals surface area contributed by atoms with Gasteiger partial charge in [-0.2, -0.15) is 0 Å². The molecule has 1 aliphatic heterocycles. The third-order valence-electron chi connectivity index (χ3n) is 2.05. The molecule has 1 heterocycles. The van der Waals surface area contributed by atoms with Gasteiger partial charge in [-0.3, -0.25) is 4.79 Å². The molecule has 1 amide bonds. The maximum atomic E-state index is 11.6. The number of nitrogens with zero attached hydrogens (tertiary/aromatic N) is 1. The highest BCUT2D eigenvalue weighted by molar-refractivity contribution is 5.77. The predicted molar refractivity (Wildman–Crippen MR) is 56.5 cm³/mol. The molecular weight excluding hydrogens is 212 g/mol. The molecule has 0 aliphatic carbocycles. The lowest BCUT2D eigenvalue weighted by atomic mass is 10.2. The summed E-state index contributed by atoms with van der Waals surface area (Å²) in [6.45, 7) is 5.81. The molecule has 1 aliphatic rings. The van der Waals surface area contributed by atoms with E-state index in [0.29, 0.717) is 13.0 Å². The Morgan fingerprint density at radius 1 is 1.38 bits per heavy atom. The summed E-state index contributed by atoms with van der Waals surface area (Å²) in [5.41, 5.74) is 2.21. The lowest BCUT2D eigenvalue weighted by Crippen LogP contribution is -2.45. The van der Waals surface area contributed by atoms with Gasteiger partial charge in [-0.05, 0) is 27.2 Å². The van der Waals surface area contributed by atoms with Crippen molar-refractivity contribution < 1.29 is 19.1 Å². The Labute approximate surface area is 94.8 Å². The number of rotatable bonds is 1. The number of esters is 1. The van der Waals surface area contributed by atoms with Gasteiger partial charge in [0.05, 0.1) is 7.11 Å². The van der Waals surface area contributed by atoms with Crippen molar-refractivity contribution in [2.45, 2.75) is 38.8 Å². The SMILES string of the molecule is COC(=O)[C@@H]1CCN(C(=O)OC(C)(C)C)N1. The van der Waals surface area contributed by atoms with Gasteiger partial charge < -0.3 is 9.47 Å². The highest BCUT2D eigenvalue weighted by atomic mass is 16.6. The fraction of sp³-hybridized carbons (Fsp3) is 0.800. The first-order chi connectivity index (χ1) is 7.33. The molecule has 0 unspecified atom stereocenters. The van der Waals surface area contributed by atoms with Gasteiger partial charge in [-0.25, -0.2) is 15.2 Å². The summed E-state index contributed by atoms with van der Waals surface area (Å²) in [5, 5.41) is 1.30. The van der Waals surface area contributed by atoms with E-state index in [1.165, 1.54) is 12.1 Å². The number of ether oxygens (including phenoxy) is 2. The van der Waals surface area contributed by atoms with Crippen LogP contribution in [0.2, 0.25) is 0 Å². The lowest BCUT2D eigenvalue weighted by molar-refractivity contribution is -0.143. The highest BCUT2D eigenvalue weighted by Crippen LogP contribution is 2.13. The van der Waals surface area contributed by atoms with Gasteiger partial charge in [0.1, 0.15) is 11.6 Å². The second kappa shape index (κ2) is 4.69. The Hall–Kier alpha value is -1.30. The van der Waals surface area contributed by atoms with Gasteiger partial charge in [0.2, 0.25) is 0 Å². The Balaban J connectivity index is 2.47. The van der Waals surface area contributed by atoms with E-state index in [1.54, 1.807) is 20.8 Å². The summed E-state index contributed by atoms with van der Waals surface area (Å²) >= 11 is 0. The molecule has 1 fully saturated rings. The van der Waals surface area contributed by atoms with Gasteiger partial charge in [0.15, 0.2) is 0 Å². The van der Waals surface area contributed by atoms with Crippen molar-refractivity contribution in [3.8, 4) is 0 Å². The van der Waals surface area contributed by atoms with Crippen LogP contribution in [0.3, 0.4) is 0 Å². The molecule has 1 rings (SSSR count). The molecule has 16 heavy (non-hydrogen) atoms. The first-order valence-corrected chi connectivity index (χ1v) is 5.18. The quantitative estimate of drug-likeness (QED) is 0.671. The summed E-state index contributed by atoms with van der Waals surface area (Å²) in [4.78, 5) is 22.8. The zero-order valence-corrected chi connectivity index (χ0v) is 10.1. The molecule has 6 nitrogen and oxygen atoms in total. The Morgan fingerprint density at radius 2 is 2.00 bits per heavy atom. The number of amides is 1. The fourth-order valence-corrected chi connectivity index (χ4v) is 1.35. The average Bonchev–Trinajstić information content (AvgIpc) is 2.62. The summed E-state index contributed by atoms with van der Waals surface area (Å²) < 4.78 is 9.74. The van der Waals surface area contributed by atoms with Gasteiger partial charge in [0.25, 0.3) is 0 Å². The molecule has 1 atom stereocenters. The number of hydrazine groups is 1. The van der Waals surface area contributed by atoms with E-state index < -0.39 is 17.7 Å². The standard InChI is InChI=1S/C10H18N2O4/c1-10(2,3)16-9(14)12-6-5-7(11-12)8(13)15-4/h7,11H,5-6H2,1-4H3/t7-/m0/s1. The molecule has 0 aromatic carbocycles. The minimum atomic E-state index is -0.540. The Kier molecular flexibility index (Phi) is 3.74. The summed E-state index contributed by atoms with van der Waals surface area (Å²) in [5.74, 6) is -0.369. The van der Waals surface area contributed by atoms with Crippen LogP contribution in [-0.2, 0) is 14.3 Å². The van der Waals surface area contributed by atoms with Crippen LogP contribution in [0.1, 0.15) is 27.2 Å². The number of carbonyl (C=O) groups is 2. The smallest absolute Gasteiger partial charge is 0.424 e. The number of hydrogen-bond acceptors (Lipinski definition) is 5. The Morgan fingerprint density at radius 3 is 2.50 bits per heavy atom. The average molecular weight is 230 g/mol. The van der Waals surface area contributed by atoms with Gasteiger partial charge in [-0.15, -0.1) is 0 Å². The van der Waals surface area contributed by atoms with Crippen LogP contribution in [0.15, 0.2) is 0 Å². The number of methoxy groups -OCH3 is 1. The molecule has 0 spiro atoms. The fourth-order valence-electron chi connectivity index (χ4n) is 1.35. The first kappa shape index (κ1) is 12.8. The second-order valence-corrected chi connectivity index (χ2v) is 4.63. The van der Waals surface area contributed by atoms with Crippen molar-refractivity contribution in [3.63, 3.8) is 0 Å². The van der Waals surface area contributed by atoms with Crippen molar-refractivity contribution in [1.29, 1.82) is 0 Å². The molecule has 0 aromatic rings. The summed E-state index contributed by atoms with van der Waals surface area (Å²) in [6, 6.07) is -0.461. The molecule has 0 saturated carbocycles. The molecule has 92 valence electrons. The monoisotopic (exact) mass is 230 g/mol. The zero-order chi connectivity index (χ0) is 12.3. The largest absolute Gasteiger partial charge is 0.468 e. The van der Waals surface area contributed by atoms with E-state index in [0.717, 1.165) is 0 Å². The van der Waals surface area contributed by atoms with Gasteiger partial charge in [-0.1, -0.05) is 0 Å². The van der Waals surface area contributed by atoms with Crippen molar-refractivity contribution in [1.82, 2.24) is 10.4 Å². The van der Waals surface area contributed by atoms with Crippen molar-refractivity contribution in [3.05, 3.63) is 0 Å². The van der Waals surface area contributed by atoms with Crippen molar-refractivity contribution in [2.24, 2.45) is 0 Å². The van der Waals surface area contributed by atoms with Crippen LogP contribution in [0.4, 0.5) is 4.79 Å². The predicted octanol–water partition coefficient (Wildman–Crippen LogP) is 0.673. The molecule has 0 aromatic heterocycles. The van der Waals surface area contributed by atoms with E-state index in [4.69, 9.17) is 4.74 Å². The van der Waals surface area contributed by atoms with E-state index in [2.05, 4.69) is 10.2 Å². The molecule has 0 radical (unpaired) electrons. The van der Waals surface area contributed by atoms with E-state index in [1.807, 2.05) is 0 Å². The molecule has 1 N–H and O–H groups in total. The zero-order valence-electron chi connectivity index (χ0n) is 10.1. The van der Waals surface area contributed by atoms with Gasteiger partial charge in [0, 0.05) is 6.54 Å². The first-order valence-electron chi connectivity index (χ1n) is 5.18. The van der Waals surface area contributed by atoms with Crippen molar-refractivity contribution >= 4 is 12.1 Å². The number of nitrogens with one attached hydrogen (secondary N) is 1. The normalized spacial score (nSPS) is 20.8. The van der Waals surface area contributed by atoms with Crippen LogP contribution in [-0.4, -0.2) is 42.4 Å². The van der Waals surface area contributed by atoms with Crippen LogP contribution in [0, 0.1) is 0 Å². The number of hydrogen-bond donors (Lipinski definition) is 1. The van der Waals surface area contributed by atoms with Crippen LogP contribution >= 0.6 is 0 Å². The Bertz CT molecular complexity index is 285. The molecule has 0 bridgehead atoms.